The van der Waals surface area contributed by atoms with Gasteiger partial charge in [0.25, 0.3) is 0 Å². The van der Waals surface area contributed by atoms with E-state index in [0.29, 0.717) is 0 Å². The summed E-state index contributed by atoms with van der Waals surface area (Å²) in [6, 6.07) is 83.2. The van der Waals surface area contributed by atoms with Crippen LogP contribution < -0.4 is 0 Å². The van der Waals surface area contributed by atoms with Gasteiger partial charge in [-0.15, -0.1) is 0 Å². The van der Waals surface area contributed by atoms with E-state index < -0.39 is 0 Å². The van der Waals surface area contributed by atoms with Crippen molar-refractivity contribution >= 4 is 164 Å². The van der Waals surface area contributed by atoms with Gasteiger partial charge in [0.15, 0.2) is 0 Å². The molecule has 0 aliphatic heterocycles. The second-order valence-corrected chi connectivity index (χ2v) is 33.6. The second-order valence-electron chi connectivity index (χ2n) is 33.6. The molecule has 0 fully saturated rings. The second kappa shape index (κ2) is 36.1. The lowest BCUT2D eigenvalue weighted by molar-refractivity contribution is 0.759. The van der Waals surface area contributed by atoms with Gasteiger partial charge in [-0.1, -0.05) is 152 Å². The van der Waals surface area contributed by atoms with Gasteiger partial charge in [0.2, 0.25) is 0 Å². The van der Waals surface area contributed by atoms with Crippen molar-refractivity contribution in [3.8, 4) is 0 Å². The zero-order valence-corrected chi connectivity index (χ0v) is 75.0. The van der Waals surface area contributed by atoms with Crippen LogP contribution in [0.1, 0.15) is 75.2 Å². The highest BCUT2D eigenvalue weighted by atomic mass is 15.1. The first kappa shape index (κ1) is 83.3. The summed E-state index contributed by atoms with van der Waals surface area (Å²) in [5.74, 6) is 8.64. The van der Waals surface area contributed by atoms with Crippen LogP contribution in [0, 0.1) is 20.8 Å². The largest absolute Gasteiger partial charge is 0.331 e. The Morgan fingerprint density at radius 2 is 0.549 bits per heavy atom. The quantitative estimate of drug-likeness (QED) is 0.0922. The van der Waals surface area contributed by atoms with E-state index in [1.54, 1.807) is 43.4 Å². The number of nitrogens with zero attached hydrogens (tertiary/aromatic N) is 24. The van der Waals surface area contributed by atoms with Gasteiger partial charge in [-0.3, -0.25) is 29.9 Å². The SMILES string of the molecule is Cc1nc(CCc2nc3c4ccccc4ccc3n2C)nc2cccnc12.Cc1nc(CCc2nc3c4ccccc4ccc3n2C)nc2ccncc12.Cc1nc(CCc2nc3c4ccccc4ccc3n2C)nc2cnccc12.Cn1c(CCc2ccc3ncccc3n2)nc2c3ccccc3ccc21.Cn1c(CCc2ncc3ncccc3n2)nc2c3ccccc3ccc21. The van der Waals surface area contributed by atoms with Crippen LogP contribution in [0.2, 0.25) is 0 Å². The molecular weight excluding hydrogens is 1650 g/mol. The van der Waals surface area contributed by atoms with Gasteiger partial charge >= 0.3 is 0 Å². The summed E-state index contributed by atoms with van der Waals surface area (Å²) in [7, 11) is 10.4. The molecule has 0 saturated carbocycles. The molecule has 0 amide bonds. The Bertz CT molecular complexity index is 8080. The number of fused-ring (bicyclic) bond motifs is 20. The molecule has 0 bridgehead atoms. The molecule has 24 nitrogen and oxygen atoms in total. The lowest BCUT2D eigenvalue weighted by atomic mass is 10.1. The van der Waals surface area contributed by atoms with Crippen LogP contribution in [0.3, 0.4) is 0 Å². The van der Waals surface area contributed by atoms with Crippen LogP contribution in [-0.4, -0.2) is 118 Å². The molecule has 0 saturated heterocycles. The number of aromatic nitrogens is 24. The van der Waals surface area contributed by atoms with Crippen molar-refractivity contribution < 1.29 is 0 Å². The van der Waals surface area contributed by atoms with Crippen LogP contribution >= 0.6 is 0 Å². The van der Waals surface area contributed by atoms with E-state index in [0.717, 1.165) is 244 Å². The highest BCUT2D eigenvalue weighted by Gasteiger charge is 2.20. The zero-order chi connectivity index (χ0) is 90.2. The predicted molar refractivity (Wildman–Crippen MR) is 531 cm³/mol. The molecule has 0 atom stereocenters. The summed E-state index contributed by atoms with van der Waals surface area (Å²) >= 11 is 0. The first-order valence-electron chi connectivity index (χ1n) is 44.9. The Balaban J connectivity index is 0.000000100. The van der Waals surface area contributed by atoms with Gasteiger partial charge in [-0.25, -0.2) is 64.8 Å². The van der Waals surface area contributed by atoms with Crippen LogP contribution in [0.4, 0.5) is 0 Å². The van der Waals surface area contributed by atoms with Crippen molar-refractivity contribution in [3.63, 3.8) is 0 Å². The fourth-order valence-electron chi connectivity index (χ4n) is 18.2. The summed E-state index contributed by atoms with van der Waals surface area (Å²) in [5.41, 5.74) is 22.3. The van der Waals surface area contributed by atoms with Gasteiger partial charge in [0, 0.05) is 179 Å². The summed E-state index contributed by atoms with van der Waals surface area (Å²) in [6.45, 7) is 6.02. The Morgan fingerprint density at radius 3 is 1.01 bits per heavy atom. The molecule has 15 heterocycles. The van der Waals surface area contributed by atoms with E-state index in [2.05, 4.69) is 306 Å². The molecular formula is C109H92N24. The first-order chi connectivity index (χ1) is 65.2. The smallest absolute Gasteiger partial charge is 0.129 e. The summed E-state index contributed by atoms with van der Waals surface area (Å²) in [6.07, 6.45) is 22.2. The molecule has 25 rings (SSSR count). The monoisotopic (exact) mass is 1740 g/mol. The summed E-state index contributed by atoms with van der Waals surface area (Å²) in [4.78, 5) is 87.8. The number of hydrogen-bond donors (Lipinski definition) is 0. The summed E-state index contributed by atoms with van der Waals surface area (Å²) < 4.78 is 10.9. The van der Waals surface area contributed by atoms with E-state index in [1.165, 1.54) is 59.4 Å². The maximum atomic E-state index is 4.94. The number of benzene rings is 10. The van der Waals surface area contributed by atoms with Crippen molar-refractivity contribution in [1.82, 2.24) is 118 Å². The van der Waals surface area contributed by atoms with E-state index in [-0.39, 0.29) is 0 Å². The fourth-order valence-corrected chi connectivity index (χ4v) is 18.2. The Hall–Kier alpha value is -16.6. The van der Waals surface area contributed by atoms with Gasteiger partial charge in [0.05, 0.1) is 112 Å². The third-order valence-corrected chi connectivity index (χ3v) is 25.3. The third kappa shape index (κ3) is 16.8. The van der Waals surface area contributed by atoms with Crippen LogP contribution in [-0.2, 0) is 99.4 Å². The van der Waals surface area contributed by atoms with Gasteiger partial charge < -0.3 is 22.8 Å². The van der Waals surface area contributed by atoms with Crippen molar-refractivity contribution in [2.75, 3.05) is 0 Å². The molecule has 0 spiro atoms. The molecule has 648 valence electrons. The van der Waals surface area contributed by atoms with Crippen LogP contribution in [0.25, 0.3) is 164 Å². The van der Waals surface area contributed by atoms with E-state index in [9.17, 15) is 0 Å². The standard InChI is InChI=1S/3C22H19N5.C22H18N4.C21H17N5/c1-14-21-17(8-5-13-23-21)25-19(24-14)11-12-20-26-22-16-7-4-3-6-15(16)9-10-18(22)27(20)2;1-14-16-11-12-23-13-18(16)25-20(24-14)9-10-21-26-22-17-6-4-3-5-15(17)7-8-19(22)27(21)2;1-14-17-13-23-12-11-18(17)25-20(24-14)9-10-21-26-22-16-6-4-3-5-15(16)7-8-19(22)27(21)2;1-26-20-12-8-15-5-2-3-6-17(15)22(20)25-21(26)13-10-16-9-11-18-19(24-16)7-4-14-23-18;1-26-18-9-8-14-5-2-3-6-15(14)21(18)25-20(26)11-10-19-23-13-17-16(24-19)7-4-12-22-17/h3-10,13H,11-12H2,1-2H3;2*3-8,11-13H,9-10H2,1-2H3;2-9,11-12,14H,10,13H2,1H3;2-9,12-13H,10-11H2,1H3. The van der Waals surface area contributed by atoms with Crippen molar-refractivity contribution in [3.05, 3.63) is 367 Å². The van der Waals surface area contributed by atoms with Crippen molar-refractivity contribution in [1.29, 1.82) is 0 Å². The molecule has 24 heteroatoms. The highest BCUT2D eigenvalue weighted by Crippen LogP contribution is 2.33. The van der Waals surface area contributed by atoms with Crippen LogP contribution in [0.5, 0.6) is 0 Å². The molecule has 0 N–H and O–H groups in total. The van der Waals surface area contributed by atoms with Gasteiger partial charge in [-0.2, -0.15) is 0 Å². The molecule has 15 aromatic heterocycles. The van der Waals surface area contributed by atoms with Gasteiger partial charge in [-0.05, 0) is 145 Å². The first-order valence-corrected chi connectivity index (χ1v) is 44.9. The minimum absolute atomic E-state index is 0.750. The number of pyridine rings is 6. The topological polar surface area (TPSA) is 270 Å². The van der Waals surface area contributed by atoms with E-state index >= 15 is 0 Å². The molecule has 10 aromatic carbocycles. The maximum absolute atomic E-state index is 4.94. The van der Waals surface area contributed by atoms with E-state index in [1.807, 2.05) is 81.6 Å². The number of hydrogen-bond acceptors (Lipinski definition) is 19. The van der Waals surface area contributed by atoms with Gasteiger partial charge in [0.1, 0.15) is 63.5 Å². The normalized spacial score (nSPS) is 11.6. The molecule has 0 aliphatic carbocycles. The summed E-state index contributed by atoms with van der Waals surface area (Å²) in [5, 5.41) is 14.2. The predicted octanol–water partition coefficient (Wildman–Crippen LogP) is 20.8. The number of imidazole rings is 5. The maximum Gasteiger partial charge on any atom is 0.129 e. The molecule has 0 radical (unpaired) electrons. The van der Waals surface area contributed by atoms with Crippen LogP contribution in [0.15, 0.2) is 292 Å². The molecule has 0 unspecified atom stereocenters. The molecule has 0 aliphatic rings. The molecule has 25 aromatic rings. The Morgan fingerprint density at radius 1 is 0.195 bits per heavy atom. The zero-order valence-electron chi connectivity index (χ0n) is 75.0. The van der Waals surface area contributed by atoms with Crippen molar-refractivity contribution in [2.45, 2.75) is 85.0 Å². The highest BCUT2D eigenvalue weighted by molar-refractivity contribution is 6.08. The lowest BCUT2D eigenvalue weighted by Gasteiger charge is -2.05. The van der Waals surface area contributed by atoms with Crippen molar-refractivity contribution in [2.24, 2.45) is 35.2 Å². The van der Waals surface area contributed by atoms with E-state index in [4.69, 9.17) is 34.9 Å². The lowest BCUT2D eigenvalue weighted by Crippen LogP contribution is -2.05. The number of rotatable bonds is 15. The minimum atomic E-state index is 0.750. The molecule has 133 heavy (non-hydrogen) atoms. The third-order valence-electron chi connectivity index (χ3n) is 25.3. The average Bonchev–Trinajstić information content (AvgIpc) is 1.63. The Kier molecular flexibility index (Phi) is 22.6. The average molecular weight is 1740 g/mol. The fraction of sp³-hybridized carbons (Fsp3) is 0.165. The number of aryl methyl sites for hydroxylation is 18. The Labute approximate surface area is 764 Å². The minimum Gasteiger partial charge on any atom is -0.331 e.